The molecule has 0 aromatic heterocycles. The minimum absolute atomic E-state index is 0.175. The topological polar surface area (TPSA) is 59.0 Å². The van der Waals surface area contributed by atoms with Crippen molar-refractivity contribution in [2.75, 3.05) is 25.7 Å². The summed E-state index contributed by atoms with van der Waals surface area (Å²) in [7, 11) is 3.07. The zero-order valence-electron chi connectivity index (χ0n) is 13.5. The minimum atomic E-state index is -0.591. The van der Waals surface area contributed by atoms with E-state index in [1.165, 1.54) is 7.11 Å². The summed E-state index contributed by atoms with van der Waals surface area (Å²) >= 11 is 6.07. The van der Waals surface area contributed by atoms with E-state index in [0.29, 0.717) is 46.3 Å². The quantitative estimate of drug-likeness (QED) is 0.924. The van der Waals surface area contributed by atoms with E-state index in [2.05, 4.69) is 0 Å². The number of rotatable bonds is 3. The highest BCUT2D eigenvalue weighted by Crippen LogP contribution is 2.37. The number of benzene rings is 2. The van der Waals surface area contributed by atoms with Gasteiger partial charge in [-0.15, -0.1) is 0 Å². The largest absolute Gasteiger partial charge is 0.493 e. The lowest BCUT2D eigenvalue weighted by Gasteiger charge is -2.32. The van der Waals surface area contributed by atoms with E-state index in [9.17, 15) is 9.90 Å². The number of carbonyl (C=O) groups excluding carboxylic acids is 1. The van der Waals surface area contributed by atoms with Crippen LogP contribution in [0.15, 0.2) is 36.4 Å². The highest BCUT2D eigenvalue weighted by Gasteiger charge is 2.28. The van der Waals surface area contributed by atoms with Crippen LogP contribution in [0.1, 0.15) is 28.4 Å². The summed E-state index contributed by atoms with van der Waals surface area (Å²) in [5, 5.41) is 10.7. The molecule has 1 N–H and O–H groups in total. The van der Waals surface area contributed by atoms with Gasteiger partial charge in [0.15, 0.2) is 11.5 Å². The van der Waals surface area contributed by atoms with Gasteiger partial charge in [-0.1, -0.05) is 17.7 Å². The van der Waals surface area contributed by atoms with Crippen LogP contribution in [0.4, 0.5) is 5.69 Å². The van der Waals surface area contributed by atoms with Crippen LogP contribution in [-0.2, 0) is 0 Å². The zero-order chi connectivity index (χ0) is 17.3. The Bertz CT molecular complexity index is 778. The van der Waals surface area contributed by atoms with Crippen LogP contribution in [-0.4, -0.2) is 31.8 Å². The van der Waals surface area contributed by atoms with E-state index >= 15 is 0 Å². The fourth-order valence-electron chi connectivity index (χ4n) is 2.90. The SMILES string of the molecule is COc1ccc(C(=O)N2CCC(O)c3ccc(Cl)cc32)cc1OC. The highest BCUT2D eigenvalue weighted by atomic mass is 35.5. The van der Waals surface area contributed by atoms with Crippen LogP contribution in [0.25, 0.3) is 0 Å². The normalized spacial score (nSPS) is 16.5. The molecule has 5 nitrogen and oxygen atoms in total. The highest BCUT2D eigenvalue weighted by molar-refractivity contribution is 6.31. The van der Waals surface area contributed by atoms with Crippen LogP contribution in [0.3, 0.4) is 0 Å². The number of hydrogen-bond acceptors (Lipinski definition) is 4. The van der Waals surface area contributed by atoms with Crippen molar-refractivity contribution in [3.8, 4) is 11.5 Å². The summed E-state index contributed by atoms with van der Waals surface area (Å²) in [6.07, 6.45) is -0.111. The second-order valence-electron chi connectivity index (χ2n) is 5.53. The molecule has 0 aliphatic carbocycles. The monoisotopic (exact) mass is 347 g/mol. The Morgan fingerprint density at radius 1 is 1.17 bits per heavy atom. The van der Waals surface area contributed by atoms with E-state index in [-0.39, 0.29) is 5.91 Å². The first-order chi connectivity index (χ1) is 11.5. The predicted octanol–water partition coefficient (Wildman–Crippen LogP) is 3.44. The number of anilines is 1. The number of nitrogens with zero attached hydrogens (tertiary/aromatic N) is 1. The van der Waals surface area contributed by atoms with E-state index in [4.69, 9.17) is 21.1 Å². The molecule has 0 saturated heterocycles. The van der Waals surface area contributed by atoms with E-state index < -0.39 is 6.10 Å². The van der Waals surface area contributed by atoms with Crippen LogP contribution < -0.4 is 14.4 Å². The molecule has 0 saturated carbocycles. The Kier molecular flexibility index (Phi) is 4.64. The molecular weight excluding hydrogens is 330 g/mol. The van der Waals surface area contributed by atoms with Crippen LogP contribution >= 0.6 is 11.6 Å². The lowest BCUT2D eigenvalue weighted by Crippen LogP contribution is -2.36. The van der Waals surface area contributed by atoms with Gasteiger partial charge in [-0.05, 0) is 36.8 Å². The van der Waals surface area contributed by atoms with Gasteiger partial charge in [-0.2, -0.15) is 0 Å². The fraction of sp³-hybridized carbons (Fsp3) is 0.278. The van der Waals surface area contributed by atoms with Gasteiger partial charge in [0.05, 0.1) is 26.0 Å². The van der Waals surface area contributed by atoms with Crippen molar-refractivity contribution in [1.29, 1.82) is 0 Å². The third kappa shape index (κ3) is 2.92. The number of halogens is 1. The molecular formula is C18H18ClNO4. The van der Waals surface area contributed by atoms with Gasteiger partial charge >= 0.3 is 0 Å². The van der Waals surface area contributed by atoms with Crippen molar-refractivity contribution in [3.63, 3.8) is 0 Å². The van der Waals surface area contributed by atoms with E-state index in [0.717, 1.165) is 0 Å². The molecule has 1 aliphatic rings. The summed E-state index contributed by atoms with van der Waals surface area (Å²) in [4.78, 5) is 14.6. The summed E-state index contributed by atoms with van der Waals surface area (Å²) in [5.74, 6) is 0.879. The third-order valence-electron chi connectivity index (χ3n) is 4.14. The molecule has 0 radical (unpaired) electrons. The van der Waals surface area contributed by atoms with Crippen LogP contribution in [0.2, 0.25) is 5.02 Å². The number of aliphatic hydroxyl groups is 1. The minimum Gasteiger partial charge on any atom is -0.493 e. The van der Waals surface area contributed by atoms with Gasteiger partial charge < -0.3 is 19.5 Å². The van der Waals surface area contributed by atoms with Crippen molar-refractivity contribution in [1.82, 2.24) is 0 Å². The Morgan fingerprint density at radius 3 is 2.62 bits per heavy atom. The Morgan fingerprint density at radius 2 is 1.92 bits per heavy atom. The van der Waals surface area contributed by atoms with Gasteiger partial charge in [-0.25, -0.2) is 0 Å². The Balaban J connectivity index is 1.99. The number of carbonyl (C=O) groups is 1. The first-order valence-electron chi connectivity index (χ1n) is 7.56. The predicted molar refractivity (Wildman–Crippen MR) is 92.3 cm³/mol. The van der Waals surface area contributed by atoms with Gasteiger partial charge in [0.25, 0.3) is 5.91 Å². The standard InChI is InChI=1S/C18H18ClNO4/c1-23-16-6-3-11(9-17(16)24-2)18(22)20-8-7-15(21)13-5-4-12(19)10-14(13)20/h3-6,9-10,15,21H,7-8H2,1-2H3. The third-order valence-corrected chi connectivity index (χ3v) is 4.38. The number of fused-ring (bicyclic) bond motifs is 1. The molecule has 0 fully saturated rings. The lowest BCUT2D eigenvalue weighted by molar-refractivity contribution is 0.0970. The van der Waals surface area contributed by atoms with Gasteiger partial charge in [0, 0.05) is 22.7 Å². The maximum atomic E-state index is 13.0. The fourth-order valence-corrected chi connectivity index (χ4v) is 3.06. The van der Waals surface area contributed by atoms with Crippen LogP contribution in [0.5, 0.6) is 11.5 Å². The molecule has 24 heavy (non-hydrogen) atoms. The van der Waals surface area contributed by atoms with E-state index in [1.807, 2.05) is 0 Å². The summed E-state index contributed by atoms with van der Waals surface area (Å²) in [6.45, 7) is 0.418. The van der Waals surface area contributed by atoms with Crippen molar-refractivity contribution < 1.29 is 19.4 Å². The van der Waals surface area contributed by atoms with Gasteiger partial charge in [0.1, 0.15) is 0 Å². The van der Waals surface area contributed by atoms with Crippen molar-refractivity contribution in [2.24, 2.45) is 0 Å². The number of hydrogen-bond donors (Lipinski definition) is 1. The molecule has 6 heteroatoms. The maximum Gasteiger partial charge on any atom is 0.258 e. The van der Waals surface area contributed by atoms with Crippen molar-refractivity contribution in [3.05, 3.63) is 52.5 Å². The molecule has 2 aromatic carbocycles. The zero-order valence-corrected chi connectivity index (χ0v) is 14.2. The lowest BCUT2D eigenvalue weighted by atomic mass is 9.98. The summed E-state index contributed by atoms with van der Waals surface area (Å²) in [6, 6.07) is 10.2. The smallest absolute Gasteiger partial charge is 0.258 e. The average molecular weight is 348 g/mol. The second-order valence-corrected chi connectivity index (χ2v) is 5.97. The van der Waals surface area contributed by atoms with Crippen molar-refractivity contribution in [2.45, 2.75) is 12.5 Å². The van der Waals surface area contributed by atoms with Gasteiger partial charge in [0.2, 0.25) is 0 Å². The van der Waals surface area contributed by atoms with Gasteiger partial charge in [-0.3, -0.25) is 4.79 Å². The molecule has 1 amide bonds. The number of amides is 1. The molecule has 2 aromatic rings. The Hall–Kier alpha value is -2.24. The first kappa shape index (κ1) is 16.6. The van der Waals surface area contributed by atoms with Crippen molar-refractivity contribution >= 4 is 23.2 Å². The average Bonchev–Trinajstić information content (AvgIpc) is 2.60. The molecule has 1 atom stereocenters. The Labute approximate surface area is 145 Å². The second kappa shape index (κ2) is 6.71. The number of ether oxygens (including phenoxy) is 2. The van der Waals surface area contributed by atoms with Crippen LogP contribution in [0, 0.1) is 0 Å². The molecule has 1 aliphatic heterocycles. The first-order valence-corrected chi connectivity index (χ1v) is 7.94. The molecule has 1 unspecified atom stereocenters. The molecule has 1 heterocycles. The molecule has 0 bridgehead atoms. The molecule has 3 rings (SSSR count). The summed E-state index contributed by atoms with van der Waals surface area (Å²) < 4.78 is 10.5. The maximum absolute atomic E-state index is 13.0. The van der Waals surface area contributed by atoms with E-state index in [1.54, 1.807) is 48.4 Å². The molecule has 0 spiro atoms. The number of methoxy groups -OCH3 is 2. The summed E-state index contributed by atoms with van der Waals surface area (Å²) in [5.41, 5.74) is 1.83. The number of aliphatic hydroxyl groups excluding tert-OH is 1. The molecule has 126 valence electrons.